The average Bonchev–Trinajstić information content (AvgIpc) is 2.91. The maximum atomic E-state index is 9.11. The van der Waals surface area contributed by atoms with Crippen molar-refractivity contribution in [2.24, 2.45) is 5.92 Å². The quantitative estimate of drug-likeness (QED) is 0.888. The van der Waals surface area contributed by atoms with Crippen LogP contribution in [0.3, 0.4) is 0 Å². The molecule has 0 aliphatic carbocycles. The van der Waals surface area contributed by atoms with E-state index < -0.39 is 0 Å². The van der Waals surface area contributed by atoms with Gasteiger partial charge in [0.15, 0.2) is 5.65 Å². The van der Waals surface area contributed by atoms with Crippen molar-refractivity contribution >= 4 is 11.2 Å². The lowest BCUT2D eigenvalue weighted by Crippen LogP contribution is -2.34. The number of rotatable bonds is 6. The highest BCUT2D eigenvalue weighted by Crippen LogP contribution is 2.23. The summed E-state index contributed by atoms with van der Waals surface area (Å²) in [6, 6.07) is 3.97. The number of aliphatic hydroxyl groups excluding tert-OH is 1. The number of imidazole rings is 1. The lowest BCUT2D eigenvalue weighted by molar-refractivity contribution is 0.181. The summed E-state index contributed by atoms with van der Waals surface area (Å²) in [7, 11) is 0. The molecule has 5 nitrogen and oxygen atoms in total. The number of hydrogen-bond acceptors (Lipinski definition) is 4. The minimum Gasteiger partial charge on any atom is -0.396 e. The van der Waals surface area contributed by atoms with E-state index in [1.165, 1.54) is 25.9 Å². The molecule has 1 aliphatic rings. The molecule has 0 saturated carbocycles. The summed E-state index contributed by atoms with van der Waals surface area (Å²) in [6.07, 6.45) is 5.92. The maximum Gasteiger partial charge on any atom is 0.159 e. The number of piperidine rings is 1. The summed E-state index contributed by atoms with van der Waals surface area (Å²) in [4.78, 5) is 11.8. The van der Waals surface area contributed by atoms with E-state index in [0.29, 0.717) is 5.92 Å². The summed E-state index contributed by atoms with van der Waals surface area (Å²) in [5, 5.41) is 9.11. The molecule has 3 rings (SSSR count). The minimum absolute atomic E-state index is 0.214. The van der Waals surface area contributed by atoms with Crippen LogP contribution in [0.1, 0.15) is 32.0 Å². The van der Waals surface area contributed by atoms with Crippen LogP contribution in [0.4, 0.5) is 0 Å². The molecule has 0 amide bonds. The van der Waals surface area contributed by atoms with Gasteiger partial charge < -0.3 is 14.6 Å². The molecule has 0 atom stereocenters. The van der Waals surface area contributed by atoms with Gasteiger partial charge in [-0.25, -0.2) is 9.97 Å². The molecule has 2 aromatic heterocycles. The Morgan fingerprint density at radius 1 is 1.32 bits per heavy atom. The molecule has 0 radical (unpaired) electrons. The fourth-order valence-corrected chi connectivity index (χ4v) is 3.37. The Labute approximate surface area is 132 Å². The van der Waals surface area contributed by atoms with Gasteiger partial charge >= 0.3 is 0 Å². The Kier molecular flexibility index (Phi) is 5.05. The first-order valence-corrected chi connectivity index (χ1v) is 8.45. The molecular weight excluding hydrogens is 276 g/mol. The summed E-state index contributed by atoms with van der Waals surface area (Å²) in [5.41, 5.74) is 1.97. The molecule has 5 heteroatoms. The number of pyridine rings is 1. The Morgan fingerprint density at radius 3 is 2.86 bits per heavy atom. The fourth-order valence-electron chi connectivity index (χ4n) is 3.37. The number of fused-ring (bicyclic) bond motifs is 1. The molecule has 0 bridgehead atoms. The Hall–Kier alpha value is -1.46. The van der Waals surface area contributed by atoms with Crippen molar-refractivity contribution in [1.29, 1.82) is 0 Å². The Balaban J connectivity index is 1.79. The average molecular weight is 302 g/mol. The Bertz CT molecular complexity index is 602. The zero-order chi connectivity index (χ0) is 15.4. The van der Waals surface area contributed by atoms with Crippen molar-refractivity contribution in [2.75, 3.05) is 26.2 Å². The van der Waals surface area contributed by atoms with E-state index in [0.717, 1.165) is 42.9 Å². The van der Waals surface area contributed by atoms with Gasteiger partial charge in [0.25, 0.3) is 0 Å². The van der Waals surface area contributed by atoms with E-state index in [-0.39, 0.29) is 6.61 Å². The van der Waals surface area contributed by atoms with Gasteiger partial charge in [0.1, 0.15) is 11.3 Å². The molecule has 3 heterocycles. The summed E-state index contributed by atoms with van der Waals surface area (Å²) >= 11 is 0. The van der Waals surface area contributed by atoms with Gasteiger partial charge in [0.2, 0.25) is 0 Å². The number of aliphatic hydroxyl groups is 1. The monoisotopic (exact) mass is 302 g/mol. The zero-order valence-electron chi connectivity index (χ0n) is 13.4. The lowest BCUT2D eigenvalue weighted by atomic mass is 9.96. The normalized spacial score (nSPS) is 17.4. The molecular formula is C17H26N4O. The highest BCUT2D eigenvalue weighted by atomic mass is 16.2. The molecule has 1 fully saturated rings. The SMILES string of the molecule is CCN1CCC(Cn2c(CCCO)nc3cccnc32)CC1. The minimum atomic E-state index is 0.214. The van der Waals surface area contributed by atoms with Crippen molar-refractivity contribution < 1.29 is 5.11 Å². The number of aromatic nitrogens is 3. The molecule has 2 aromatic rings. The largest absolute Gasteiger partial charge is 0.396 e. The van der Waals surface area contributed by atoms with Gasteiger partial charge in [-0.1, -0.05) is 6.92 Å². The van der Waals surface area contributed by atoms with Crippen molar-refractivity contribution in [3.8, 4) is 0 Å². The van der Waals surface area contributed by atoms with E-state index in [1.54, 1.807) is 0 Å². The number of aryl methyl sites for hydroxylation is 1. The molecule has 0 aromatic carbocycles. The van der Waals surface area contributed by atoms with Crippen LogP contribution in [0.15, 0.2) is 18.3 Å². The molecule has 120 valence electrons. The fraction of sp³-hybridized carbons (Fsp3) is 0.647. The number of hydrogen-bond donors (Lipinski definition) is 1. The van der Waals surface area contributed by atoms with E-state index in [9.17, 15) is 0 Å². The number of nitrogens with zero attached hydrogens (tertiary/aromatic N) is 4. The molecule has 1 N–H and O–H groups in total. The zero-order valence-corrected chi connectivity index (χ0v) is 13.4. The molecule has 22 heavy (non-hydrogen) atoms. The van der Waals surface area contributed by atoms with Crippen LogP contribution in [0, 0.1) is 5.92 Å². The predicted octanol–water partition coefficient (Wildman–Crippen LogP) is 2.09. The third-order valence-corrected chi connectivity index (χ3v) is 4.74. The summed E-state index contributed by atoms with van der Waals surface area (Å²) in [6.45, 7) is 7.02. The third-order valence-electron chi connectivity index (χ3n) is 4.74. The van der Waals surface area contributed by atoms with Crippen molar-refractivity contribution in [1.82, 2.24) is 19.4 Å². The topological polar surface area (TPSA) is 54.2 Å². The molecule has 1 aliphatic heterocycles. The summed E-state index contributed by atoms with van der Waals surface area (Å²) in [5.74, 6) is 1.77. The molecule has 1 saturated heterocycles. The summed E-state index contributed by atoms with van der Waals surface area (Å²) < 4.78 is 2.29. The van der Waals surface area contributed by atoms with Gasteiger partial charge in [0, 0.05) is 25.8 Å². The predicted molar refractivity (Wildman–Crippen MR) is 87.8 cm³/mol. The van der Waals surface area contributed by atoms with E-state index >= 15 is 0 Å². The smallest absolute Gasteiger partial charge is 0.159 e. The van der Waals surface area contributed by atoms with Crippen LogP contribution in [-0.2, 0) is 13.0 Å². The van der Waals surface area contributed by atoms with Gasteiger partial charge in [-0.3, -0.25) is 0 Å². The van der Waals surface area contributed by atoms with Crippen LogP contribution >= 0.6 is 0 Å². The van der Waals surface area contributed by atoms with Gasteiger partial charge in [0.05, 0.1) is 0 Å². The highest BCUT2D eigenvalue weighted by Gasteiger charge is 2.21. The van der Waals surface area contributed by atoms with Crippen molar-refractivity contribution in [2.45, 2.75) is 39.2 Å². The molecule has 0 spiro atoms. The van der Waals surface area contributed by atoms with Crippen molar-refractivity contribution in [3.05, 3.63) is 24.2 Å². The first kappa shape index (κ1) is 15.4. The first-order valence-electron chi connectivity index (χ1n) is 8.45. The van der Waals surface area contributed by atoms with Crippen molar-refractivity contribution in [3.63, 3.8) is 0 Å². The Morgan fingerprint density at radius 2 is 2.14 bits per heavy atom. The first-order chi connectivity index (χ1) is 10.8. The second kappa shape index (κ2) is 7.20. The second-order valence-electron chi connectivity index (χ2n) is 6.19. The van der Waals surface area contributed by atoms with Gasteiger partial charge in [-0.05, 0) is 56.9 Å². The van der Waals surface area contributed by atoms with E-state index in [2.05, 4.69) is 21.4 Å². The molecule has 0 unspecified atom stereocenters. The standard InChI is InChI=1S/C17H26N4O/c1-2-20-10-7-14(8-11-20)13-21-16(6-4-12-22)19-15-5-3-9-18-17(15)21/h3,5,9,14,22H,2,4,6-8,10-13H2,1H3. The highest BCUT2D eigenvalue weighted by molar-refractivity contribution is 5.71. The van der Waals surface area contributed by atoms with Crippen LogP contribution in [0.25, 0.3) is 11.2 Å². The van der Waals surface area contributed by atoms with Gasteiger partial charge in [-0.15, -0.1) is 0 Å². The third kappa shape index (κ3) is 3.31. The van der Waals surface area contributed by atoms with Crippen LogP contribution in [0.2, 0.25) is 0 Å². The van der Waals surface area contributed by atoms with Crippen LogP contribution in [-0.4, -0.2) is 50.8 Å². The van der Waals surface area contributed by atoms with Gasteiger partial charge in [-0.2, -0.15) is 0 Å². The number of likely N-dealkylation sites (tertiary alicyclic amines) is 1. The van der Waals surface area contributed by atoms with E-state index in [1.807, 2.05) is 18.3 Å². The van der Waals surface area contributed by atoms with Crippen LogP contribution in [0.5, 0.6) is 0 Å². The second-order valence-corrected chi connectivity index (χ2v) is 6.19. The van der Waals surface area contributed by atoms with E-state index in [4.69, 9.17) is 10.1 Å². The van der Waals surface area contributed by atoms with Crippen LogP contribution < -0.4 is 0 Å². The maximum absolute atomic E-state index is 9.11. The lowest BCUT2D eigenvalue weighted by Gasteiger charge is -2.31.